The van der Waals surface area contributed by atoms with Crippen LogP contribution in [-0.2, 0) is 17.8 Å². The molecular weight excluding hydrogens is 356 g/mol. The molecule has 0 radical (unpaired) electrons. The molecular formula is C20H18N6O2. The second-order valence-electron chi connectivity index (χ2n) is 6.95. The largest absolute Gasteiger partial charge is 0.356 e. The number of benzene rings is 1. The number of carbonyl (C=O) groups is 1. The first-order valence-electron chi connectivity index (χ1n) is 9.17. The molecule has 0 aliphatic carbocycles. The zero-order valence-corrected chi connectivity index (χ0v) is 15.3. The van der Waals surface area contributed by atoms with Crippen LogP contribution in [-0.4, -0.2) is 42.3 Å². The minimum Gasteiger partial charge on any atom is -0.356 e. The summed E-state index contributed by atoms with van der Waals surface area (Å²) in [7, 11) is 0. The topological polar surface area (TPSA) is 89.9 Å². The van der Waals surface area contributed by atoms with Gasteiger partial charge in [-0.2, -0.15) is 0 Å². The van der Waals surface area contributed by atoms with Gasteiger partial charge in [0.2, 0.25) is 5.91 Å². The van der Waals surface area contributed by atoms with Crippen LogP contribution in [0, 0.1) is 0 Å². The van der Waals surface area contributed by atoms with Crippen molar-refractivity contribution in [2.45, 2.75) is 25.9 Å². The van der Waals surface area contributed by atoms with Gasteiger partial charge in [0.1, 0.15) is 11.4 Å². The maximum atomic E-state index is 12.9. The second kappa shape index (κ2) is 6.56. The van der Waals surface area contributed by atoms with E-state index in [-0.39, 0.29) is 18.4 Å². The summed E-state index contributed by atoms with van der Waals surface area (Å²) in [5.41, 5.74) is 2.13. The summed E-state index contributed by atoms with van der Waals surface area (Å²) in [5, 5.41) is 13.6. The van der Waals surface area contributed by atoms with E-state index in [0.717, 1.165) is 22.7 Å². The number of para-hydroxylation sites is 1. The Bertz CT molecular complexity index is 1150. The third-order valence-corrected chi connectivity index (χ3v) is 5.04. The Morgan fingerprint density at radius 2 is 2.04 bits per heavy atom. The van der Waals surface area contributed by atoms with Crippen LogP contribution in [0.25, 0.3) is 22.5 Å². The number of nitrogens with zero attached hydrogens (tertiary/aromatic N) is 6. The zero-order valence-electron chi connectivity index (χ0n) is 15.3. The van der Waals surface area contributed by atoms with E-state index in [1.807, 2.05) is 42.5 Å². The Hall–Kier alpha value is -3.55. The minimum absolute atomic E-state index is 0.000427. The number of aromatic nitrogens is 5. The van der Waals surface area contributed by atoms with Gasteiger partial charge in [0, 0.05) is 18.1 Å². The highest BCUT2D eigenvalue weighted by molar-refractivity contribution is 5.86. The molecule has 1 atom stereocenters. The smallest absolute Gasteiger partial charge is 0.229 e. The van der Waals surface area contributed by atoms with Crippen molar-refractivity contribution in [1.29, 1.82) is 0 Å². The first-order chi connectivity index (χ1) is 13.7. The van der Waals surface area contributed by atoms with Gasteiger partial charge in [0.25, 0.3) is 0 Å². The average molecular weight is 374 g/mol. The summed E-state index contributed by atoms with van der Waals surface area (Å²) < 4.78 is 7.38. The molecule has 0 saturated heterocycles. The standard InChI is InChI=1S/C20H18N6O2/c1-13-11-25(19(27)10-16-14-6-2-3-8-17(14)28-24-16)12-18-22-23-20(26(13)18)15-7-4-5-9-21-15/h2-9,13H,10-12H2,1H3/t13-/m0/s1. The van der Waals surface area contributed by atoms with Crippen molar-refractivity contribution in [2.75, 3.05) is 6.54 Å². The van der Waals surface area contributed by atoms with Gasteiger partial charge in [-0.25, -0.2) is 0 Å². The number of hydrogen-bond donors (Lipinski definition) is 0. The second-order valence-corrected chi connectivity index (χ2v) is 6.95. The van der Waals surface area contributed by atoms with Crippen LogP contribution in [0.3, 0.4) is 0 Å². The molecule has 1 aromatic carbocycles. The molecule has 5 rings (SSSR count). The highest BCUT2D eigenvalue weighted by Crippen LogP contribution is 2.27. The van der Waals surface area contributed by atoms with E-state index in [4.69, 9.17) is 4.52 Å². The van der Waals surface area contributed by atoms with Gasteiger partial charge in [-0.3, -0.25) is 9.78 Å². The maximum Gasteiger partial charge on any atom is 0.229 e. The van der Waals surface area contributed by atoms with Crippen molar-refractivity contribution in [3.05, 3.63) is 60.2 Å². The van der Waals surface area contributed by atoms with Crippen LogP contribution in [0.4, 0.5) is 0 Å². The van der Waals surface area contributed by atoms with E-state index in [0.29, 0.717) is 24.4 Å². The lowest BCUT2D eigenvalue weighted by atomic mass is 10.1. The summed E-state index contributed by atoms with van der Waals surface area (Å²) in [6.45, 7) is 3.06. The third-order valence-electron chi connectivity index (χ3n) is 5.04. The minimum atomic E-state index is -0.000427. The zero-order chi connectivity index (χ0) is 19.1. The SMILES string of the molecule is C[C@H]1CN(C(=O)Cc2noc3ccccc23)Cc2nnc(-c3ccccn3)n21. The predicted molar refractivity (Wildman–Crippen MR) is 101 cm³/mol. The van der Waals surface area contributed by atoms with Crippen LogP contribution < -0.4 is 0 Å². The molecule has 8 nitrogen and oxygen atoms in total. The molecule has 1 amide bonds. The molecule has 1 aliphatic rings. The van der Waals surface area contributed by atoms with Crippen LogP contribution in [0.2, 0.25) is 0 Å². The molecule has 4 heterocycles. The number of amides is 1. The molecule has 28 heavy (non-hydrogen) atoms. The molecule has 3 aromatic heterocycles. The van der Waals surface area contributed by atoms with E-state index in [1.54, 1.807) is 11.1 Å². The van der Waals surface area contributed by atoms with Crippen molar-refractivity contribution < 1.29 is 9.32 Å². The summed E-state index contributed by atoms with van der Waals surface area (Å²) in [4.78, 5) is 19.1. The Morgan fingerprint density at radius 3 is 2.89 bits per heavy atom. The van der Waals surface area contributed by atoms with E-state index < -0.39 is 0 Å². The lowest BCUT2D eigenvalue weighted by molar-refractivity contribution is -0.132. The highest BCUT2D eigenvalue weighted by atomic mass is 16.5. The Kier molecular flexibility index (Phi) is 3.89. The van der Waals surface area contributed by atoms with Crippen LogP contribution >= 0.6 is 0 Å². The fourth-order valence-corrected chi connectivity index (χ4v) is 3.71. The number of fused-ring (bicyclic) bond motifs is 2. The van der Waals surface area contributed by atoms with Crippen molar-refractivity contribution in [3.8, 4) is 11.5 Å². The fourth-order valence-electron chi connectivity index (χ4n) is 3.71. The monoisotopic (exact) mass is 374 g/mol. The van der Waals surface area contributed by atoms with Crippen molar-refractivity contribution in [2.24, 2.45) is 0 Å². The lowest BCUT2D eigenvalue weighted by Crippen LogP contribution is -2.41. The van der Waals surface area contributed by atoms with Crippen LogP contribution in [0.1, 0.15) is 24.5 Å². The summed E-state index contributed by atoms with van der Waals surface area (Å²) >= 11 is 0. The summed E-state index contributed by atoms with van der Waals surface area (Å²) in [6.07, 6.45) is 1.94. The van der Waals surface area contributed by atoms with Crippen molar-refractivity contribution >= 4 is 16.9 Å². The molecule has 8 heteroatoms. The Balaban J connectivity index is 1.39. The molecule has 0 unspecified atom stereocenters. The van der Waals surface area contributed by atoms with Gasteiger partial charge >= 0.3 is 0 Å². The quantitative estimate of drug-likeness (QED) is 0.548. The first-order valence-corrected chi connectivity index (χ1v) is 9.17. The molecule has 0 fully saturated rings. The molecule has 0 saturated carbocycles. The summed E-state index contributed by atoms with van der Waals surface area (Å²) in [6, 6.07) is 13.3. The Labute approximate surface area is 160 Å². The highest BCUT2D eigenvalue weighted by Gasteiger charge is 2.30. The van der Waals surface area contributed by atoms with Gasteiger partial charge in [-0.15, -0.1) is 10.2 Å². The summed E-state index contributed by atoms with van der Waals surface area (Å²) in [5.74, 6) is 1.50. The predicted octanol–water partition coefficient (Wildman–Crippen LogP) is 2.63. The first kappa shape index (κ1) is 16.6. The van der Waals surface area contributed by atoms with Gasteiger partial charge in [0.05, 0.1) is 19.0 Å². The van der Waals surface area contributed by atoms with E-state index in [2.05, 4.69) is 31.8 Å². The third kappa shape index (κ3) is 2.74. The average Bonchev–Trinajstić information content (AvgIpc) is 3.33. The molecule has 0 spiro atoms. The number of carbonyl (C=O) groups excluding carboxylic acids is 1. The Morgan fingerprint density at radius 1 is 1.18 bits per heavy atom. The molecule has 0 bridgehead atoms. The van der Waals surface area contributed by atoms with Crippen LogP contribution in [0.15, 0.2) is 53.2 Å². The van der Waals surface area contributed by atoms with Crippen LogP contribution in [0.5, 0.6) is 0 Å². The molecule has 1 aliphatic heterocycles. The fraction of sp³-hybridized carbons (Fsp3) is 0.250. The van der Waals surface area contributed by atoms with E-state index in [1.165, 1.54) is 0 Å². The van der Waals surface area contributed by atoms with Crippen molar-refractivity contribution in [1.82, 2.24) is 29.8 Å². The van der Waals surface area contributed by atoms with Crippen molar-refractivity contribution in [3.63, 3.8) is 0 Å². The lowest BCUT2D eigenvalue weighted by Gasteiger charge is -2.32. The molecule has 140 valence electrons. The number of pyridine rings is 1. The maximum absolute atomic E-state index is 12.9. The molecule has 0 N–H and O–H groups in total. The van der Waals surface area contributed by atoms with E-state index >= 15 is 0 Å². The molecule has 4 aromatic rings. The van der Waals surface area contributed by atoms with Gasteiger partial charge in [-0.1, -0.05) is 23.4 Å². The van der Waals surface area contributed by atoms with Gasteiger partial charge < -0.3 is 14.0 Å². The number of rotatable bonds is 3. The van der Waals surface area contributed by atoms with Gasteiger partial charge in [-0.05, 0) is 31.2 Å². The van der Waals surface area contributed by atoms with Gasteiger partial charge in [0.15, 0.2) is 17.2 Å². The number of hydrogen-bond acceptors (Lipinski definition) is 6. The van der Waals surface area contributed by atoms with E-state index in [9.17, 15) is 4.79 Å². The normalized spacial score (nSPS) is 16.3.